The zero-order valence-electron chi connectivity index (χ0n) is 9.43. The van der Waals surface area contributed by atoms with E-state index in [-0.39, 0.29) is 0 Å². The van der Waals surface area contributed by atoms with E-state index in [1.807, 2.05) is 0 Å². The third kappa shape index (κ3) is 2.96. The minimum Gasteiger partial charge on any atom is -0.465 e. The Labute approximate surface area is 104 Å². The van der Waals surface area contributed by atoms with Crippen molar-refractivity contribution in [3.8, 4) is 0 Å². The summed E-state index contributed by atoms with van der Waals surface area (Å²) in [7, 11) is 0.632. The van der Waals surface area contributed by atoms with Crippen molar-refractivity contribution in [3.63, 3.8) is 0 Å². The molecule has 0 saturated heterocycles. The van der Waals surface area contributed by atoms with Crippen molar-refractivity contribution in [2.24, 2.45) is 0 Å². The molecule has 1 rings (SSSR count). The van der Waals surface area contributed by atoms with E-state index in [2.05, 4.69) is 14.7 Å². The quantitative estimate of drug-likeness (QED) is 0.578. The lowest BCUT2D eigenvalue weighted by atomic mass is 10.2. The summed E-state index contributed by atoms with van der Waals surface area (Å²) < 4.78 is 41.7. The molecule has 0 aliphatic heterocycles. The van der Waals surface area contributed by atoms with Crippen LogP contribution in [0.15, 0.2) is 18.6 Å². The highest BCUT2D eigenvalue weighted by atomic mass is 19.4. The number of rotatable bonds is 3. The van der Waals surface area contributed by atoms with E-state index < -0.39 is 29.5 Å². The third-order valence-electron chi connectivity index (χ3n) is 1.98. The minimum absolute atomic E-state index is 0.505. The molecule has 1 amide bonds. The van der Waals surface area contributed by atoms with Crippen LogP contribution in [0.5, 0.6) is 0 Å². The van der Waals surface area contributed by atoms with Gasteiger partial charge in [-0.2, -0.15) is 13.2 Å². The van der Waals surface area contributed by atoms with Gasteiger partial charge in [0.1, 0.15) is 5.69 Å². The zero-order valence-corrected chi connectivity index (χ0v) is 9.43. The summed E-state index contributed by atoms with van der Waals surface area (Å²) in [4.78, 5) is 29.3. The van der Waals surface area contributed by atoms with Gasteiger partial charge < -0.3 is 15.2 Å². The standard InChI is InChI=1S/C9H8F3N3O4/c1-19-7(17)8(18,9(10,11)12)15-6(16)5-4-13-2-3-14-5/h2-4,18H,1H3,(H,15,16). The Morgan fingerprint density at radius 1 is 1.37 bits per heavy atom. The number of aromatic nitrogens is 2. The smallest absolute Gasteiger partial charge is 0.448 e. The number of alkyl halides is 3. The van der Waals surface area contributed by atoms with Gasteiger partial charge in [-0.05, 0) is 0 Å². The fraction of sp³-hybridized carbons (Fsp3) is 0.333. The van der Waals surface area contributed by atoms with Crippen LogP contribution >= 0.6 is 0 Å². The van der Waals surface area contributed by atoms with E-state index in [0.717, 1.165) is 17.7 Å². The summed E-state index contributed by atoms with van der Waals surface area (Å²) in [5.41, 5.74) is -4.66. The van der Waals surface area contributed by atoms with Crippen molar-refractivity contribution in [2.45, 2.75) is 11.9 Å². The SMILES string of the molecule is COC(=O)C(O)(NC(=O)c1cnccn1)C(F)(F)F. The van der Waals surface area contributed by atoms with E-state index in [0.29, 0.717) is 7.11 Å². The molecule has 104 valence electrons. The number of hydrogen-bond acceptors (Lipinski definition) is 6. The third-order valence-corrected chi connectivity index (χ3v) is 1.98. The summed E-state index contributed by atoms with van der Waals surface area (Å²) in [6.07, 6.45) is -2.35. The van der Waals surface area contributed by atoms with Crippen LogP contribution in [0.2, 0.25) is 0 Å². The molecule has 0 fully saturated rings. The molecule has 7 nitrogen and oxygen atoms in total. The van der Waals surface area contributed by atoms with Gasteiger partial charge in [-0.15, -0.1) is 0 Å². The molecule has 1 atom stereocenters. The van der Waals surface area contributed by atoms with Crippen LogP contribution in [-0.2, 0) is 9.53 Å². The highest BCUT2D eigenvalue weighted by Crippen LogP contribution is 2.29. The maximum Gasteiger partial charge on any atom is 0.448 e. The van der Waals surface area contributed by atoms with Crippen LogP contribution in [0.3, 0.4) is 0 Å². The molecule has 1 unspecified atom stereocenters. The van der Waals surface area contributed by atoms with Crippen LogP contribution in [0.1, 0.15) is 10.5 Å². The van der Waals surface area contributed by atoms with Crippen LogP contribution < -0.4 is 5.32 Å². The van der Waals surface area contributed by atoms with Crippen molar-refractivity contribution >= 4 is 11.9 Å². The zero-order chi connectivity index (χ0) is 14.7. The van der Waals surface area contributed by atoms with E-state index in [1.54, 1.807) is 0 Å². The van der Waals surface area contributed by atoms with Crippen LogP contribution in [0, 0.1) is 0 Å². The summed E-state index contributed by atoms with van der Waals surface area (Å²) >= 11 is 0. The predicted octanol–water partition coefficient (Wildman–Crippen LogP) is -0.370. The van der Waals surface area contributed by atoms with Crippen molar-refractivity contribution in [1.29, 1.82) is 0 Å². The number of ether oxygens (including phenoxy) is 1. The van der Waals surface area contributed by atoms with Crippen molar-refractivity contribution in [3.05, 3.63) is 24.3 Å². The average molecular weight is 279 g/mol. The number of esters is 1. The Morgan fingerprint density at radius 3 is 2.42 bits per heavy atom. The van der Waals surface area contributed by atoms with Gasteiger partial charge >= 0.3 is 17.9 Å². The van der Waals surface area contributed by atoms with E-state index in [4.69, 9.17) is 0 Å². The van der Waals surface area contributed by atoms with Gasteiger partial charge in [0, 0.05) is 12.4 Å². The van der Waals surface area contributed by atoms with E-state index >= 15 is 0 Å². The minimum atomic E-state index is -5.46. The number of aliphatic hydroxyl groups is 1. The molecule has 0 spiro atoms. The van der Waals surface area contributed by atoms with Crippen molar-refractivity contribution < 1.29 is 32.6 Å². The number of amides is 1. The molecule has 1 aromatic rings. The molecular weight excluding hydrogens is 271 g/mol. The van der Waals surface area contributed by atoms with Gasteiger partial charge in [-0.3, -0.25) is 9.78 Å². The number of carbonyl (C=O) groups excluding carboxylic acids is 2. The molecule has 0 aliphatic carbocycles. The first kappa shape index (κ1) is 14.8. The van der Waals surface area contributed by atoms with Gasteiger partial charge in [-0.1, -0.05) is 0 Å². The molecule has 1 heterocycles. The second-order valence-electron chi connectivity index (χ2n) is 3.24. The summed E-state index contributed by atoms with van der Waals surface area (Å²) in [5.74, 6) is -3.50. The lowest BCUT2D eigenvalue weighted by Gasteiger charge is -2.27. The Balaban J connectivity index is 3.04. The number of carbonyl (C=O) groups is 2. The lowest BCUT2D eigenvalue weighted by molar-refractivity contribution is -0.268. The maximum atomic E-state index is 12.6. The number of methoxy groups -OCH3 is 1. The van der Waals surface area contributed by atoms with Crippen LogP contribution in [0.25, 0.3) is 0 Å². The van der Waals surface area contributed by atoms with Gasteiger partial charge in [0.25, 0.3) is 5.91 Å². The Bertz CT molecular complexity index is 479. The fourth-order valence-electron chi connectivity index (χ4n) is 1.03. The molecule has 0 bridgehead atoms. The second kappa shape index (κ2) is 5.18. The van der Waals surface area contributed by atoms with Gasteiger partial charge in [0.15, 0.2) is 0 Å². The Hall–Kier alpha value is -2.23. The Kier molecular flexibility index (Phi) is 4.04. The van der Waals surface area contributed by atoms with Gasteiger partial charge in [-0.25, -0.2) is 9.78 Å². The van der Waals surface area contributed by atoms with E-state index in [9.17, 15) is 27.9 Å². The van der Waals surface area contributed by atoms with E-state index in [1.165, 1.54) is 6.20 Å². The van der Waals surface area contributed by atoms with Gasteiger partial charge in [0.05, 0.1) is 13.3 Å². The Morgan fingerprint density at radius 2 is 2.00 bits per heavy atom. The first-order chi connectivity index (χ1) is 8.72. The molecule has 0 aromatic carbocycles. The maximum absolute atomic E-state index is 12.6. The topological polar surface area (TPSA) is 101 Å². The molecule has 10 heteroatoms. The number of nitrogens with zero attached hydrogens (tertiary/aromatic N) is 2. The van der Waals surface area contributed by atoms with Crippen LogP contribution in [-0.4, -0.2) is 46.0 Å². The van der Waals surface area contributed by atoms with Crippen molar-refractivity contribution in [2.75, 3.05) is 7.11 Å². The highest BCUT2D eigenvalue weighted by Gasteiger charge is 2.62. The molecule has 1 aromatic heterocycles. The summed E-state index contributed by atoms with van der Waals surface area (Å²) in [6, 6.07) is 0. The normalized spacial score (nSPS) is 14.4. The molecule has 0 radical (unpaired) electrons. The van der Waals surface area contributed by atoms with Crippen molar-refractivity contribution in [1.82, 2.24) is 15.3 Å². The number of halogens is 3. The second-order valence-corrected chi connectivity index (χ2v) is 3.24. The monoisotopic (exact) mass is 279 g/mol. The summed E-state index contributed by atoms with van der Waals surface area (Å²) in [5, 5.41) is 10.4. The highest BCUT2D eigenvalue weighted by molar-refractivity contribution is 5.96. The largest absolute Gasteiger partial charge is 0.465 e. The first-order valence-corrected chi connectivity index (χ1v) is 4.68. The lowest BCUT2D eigenvalue weighted by Crippen LogP contribution is -2.64. The molecular formula is C9H8F3N3O4. The van der Waals surface area contributed by atoms with Gasteiger partial charge in [0.2, 0.25) is 0 Å². The molecule has 19 heavy (non-hydrogen) atoms. The first-order valence-electron chi connectivity index (χ1n) is 4.68. The molecule has 0 aliphatic rings. The predicted molar refractivity (Wildman–Crippen MR) is 52.5 cm³/mol. The molecule has 0 saturated carbocycles. The van der Waals surface area contributed by atoms with Crippen LogP contribution in [0.4, 0.5) is 13.2 Å². The molecule has 2 N–H and O–H groups in total. The number of hydrogen-bond donors (Lipinski definition) is 2. The number of nitrogens with one attached hydrogen (secondary N) is 1. The average Bonchev–Trinajstić information content (AvgIpc) is 2.37. The summed E-state index contributed by atoms with van der Waals surface area (Å²) in [6.45, 7) is 0. The fourth-order valence-corrected chi connectivity index (χ4v) is 1.03.